The first-order valence-electron chi connectivity index (χ1n) is 8.21. The average Bonchev–Trinajstić information content (AvgIpc) is 3.16. The van der Waals surface area contributed by atoms with Crippen LogP contribution in [0.4, 0.5) is 0 Å². The van der Waals surface area contributed by atoms with Gasteiger partial charge in [0.15, 0.2) is 0 Å². The predicted molar refractivity (Wildman–Crippen MR) is 82.0 cm³/mol. The lowest BCUT2D eigenvalue weighted by Gasteiger charge is -2.34. The molecule has 0 N–H and O–H groups in total. The fraction of sp³-hybridized carbons (Fsp3) is 0.750. The fourth-order valence-corrected chi connectivity index (χ4v) is 3.97. The first-order valence-corrected chi connectivity index (χ1v) is 8.21. The molecule has 1 aromatic rings. The van der Waals surface area contributed by atoms with Crippen LogP contribution in [0.25, 0.3) is 0 Å². The summed E-state index contributed by atoms with van der Waals surface area (Å²) in [6.45, 7) is 7.82. The number of rotatable bonds is 4. The zero-order valence-electron chi connectivity index (χ0n) is 13.2. The van der Waals surface area contributed by atoms with E-state index in [0.29, 0.717) is 18.6 Å². The summed E-state index contributed by atoms with van der Waals surface area (Å²) in [5.74, 6) is 0.226. The van der Waals surface area contributed by atoms with Crippen LogP contribution in [0.2, 0.25) is 0 Å². The standard InChI is InChI=1S/C16H26N4O/c1-3-18-8-4-6-14(18)15-7-5-9-20(15)16(21)12-19-11-13(2)10-17-19/h10-11,14-15H,3-9,12H2,1-2H3. The van der Waals surface area contributed by atoms with Gasteiger partial charge in [0.1, 0.15) is 6.54 Å². The molecule has 2 aliphatic heterocycles. The van der Waals surface area contributed by atoms with Crippen LogP contribution in [-0.4, -0.2) is 57.2 Å². The largest absolute Gasteiger partial charge is 0.337 e. The number of carbonyl (C=O) groups excluding carboxylic acids is 1. The fourth-order valence-electron chi connectivity index (χ4n) is 3.97. The maximum Gasteiger partial charge on any atom is 0.244 e. The van der Waals surface area contributed by atoms with E-state index in [1.165, 1.54) is 19.4 Å². The SMILES string of the molecule is CCN1CCCC1C1CCCN1C(=O)Cn1cc(C)cn1. The van der Waals surface area contributed by atoms with Crippen LogP contribution >= 0.6 is 0 Å². The molecule has 1 amide bonds. The Kier molecular flexibility index (Phi) is 4.29. The van der Waals surface area contributed by atoms with E-state index in [2.05, 4.69) is 21.8 Å². The minimum Gasteiger partial charge on any atom is -0.337 e. The summed E-state index contributed by atoms with van der Waals surface area (Å²) in [7, 11) is 0. The molecule has 2 unspecified atom stereocenters. The molecule has 5 heteroatoms. The topological polar surface area (TPSA) is 41.4 Å². The molecule has 0 spiro atoms. The van der Waals surface area contributed by atoms with Crippen molar-refractivity contribution in [3.05, 3.63) is 18.0 Å². The monoisotopic (exact) mass is 290 g/mol. The number of aromatic nitrogens is 2. The Hall–Kier alpha value is -1.36. The quantitative estimate of drug-likeness (QED) is 0.847. The Bertz CT molecular complexity index is 498. The first kappa shape index (κ1) is 14.6. The Balaban J connectivity index is 1.67. The Morgan fingerprint density at radius 3 is 2.76 bits per heavy atom. The van der Waals surface area contributed by atoms with Crippen molar-refractivity contribution >= 4 is 5.91 Å². The lowest BCUT2D eigenvalue weighted by atomic mass is 10.0. The van der Waals surface area contributed by atoms with Gasteiger partial charge in [0.25, 0.3) is 0 Å². The summed E-state index contributed by atoms with van der Waals surface area (Å²) in [6, 6.07) is 0.984. The number of likely N-dealkylation sites (N-methyl/N-ethyl adjacent to an activating group) is 1. The van der Waals surface area contributed by atoms with Crippen LogP contribution in [0.3, 0.4) is 0 Å². The maximum absolute atomic E-state index is 12.6. The zero-order chi connectivity index (χ0) is 14.8. The molecule has 2 fully saturated rings. The van der Waals surface area contributed by atoms with Gasteiger partial charge in [-0.25, -0.2) is 0 Å². The normalized spacial score (nSPS) is 26.7. The molecule has 0 aliphatic carbocycles. The van der Waals surface area contributed by atoms with Crippen molar-refractivity contribution in [2.24, 2.45) is 0 Å². The smallest absolute Gasteiger partial charge is 0.244 e. The predicted octanol–water partition coefficient (Wildman–Crippen LogP) is 1.67. The molecule has 0 saturated carbocycles. The minimum absolute atomic E-state index is 0.226. The minimum atomic E-state index is 0.226. The van der Waals surface area contributed by atoms with Gasteiger partial charge in [-0.05, 0) is 51.3 Å². The summed E-state index contributed by atoms with van der Waals surface area (Å²) in [5, 5.41) is 4.24. The van der Waals surface area contributed by atoms with E-state index in [0.717, 1.165) is 31.5 Å². The number of nitrogens with zero attached hydrogens (tertiary/aromatic N) is 4. The van der Waals surface area contributed by atoms with Gasteiger partial charge in [0.2, 0.25) is 5.91 Å². The van der Waals surface area contributed by atoms with Crippen molar-refractivity contribution in [3.63, 3.8) is 0 Å². The van der Waals surface area contributed by atoms with Crippen molar-refractivity contribution in [1.82, 2.24) is 19.6 Å². The molecule has 2 atom stereocenters. The molecular formula is C16H26N4O. The summed E-state index contributed by atoms with van der Waals surface area (Å²) in [5.41, 5.74) is 1.11. The van der Waals surface area contributed by atoms with Crippen LogP contribution in [0.1, 0.15) is 38.2 Å². The van der Waals surface area contributed by atoms with E-state index in [-0.39, 0.29) is 5.91 Å². The second-order valence-electron chi connectivity index (χ2n) is 6.35. The molecule has 0 radical (unpaired) electrons. The van der Waals surface area contributed by atoms with Crippen LogP contribution in [0.15, 0.2) is 12.4 Å². The summed E-state index contributed by atoms with van der Waals surface area (Å²) >= 11 is 0. The Morgan fingerprint density at radius 1 is 1.29 bits per heavy atom. The molecule has 2 saturated heterocycles. The first-order chi connectivity index (χ1) is 10.2. The third-order valence-corrected chi connectivity index (χ3v) is 4.94. The average molecular weight is 290 g/mol. The molecule has 116 valence electrons. The Morgan fingerprint density at radius 2 is 2.05 bits per heavy atom. The van der Waals surface area contributed by atoms with Gasteiger partial charge in [0, 0.05) is 24.8 Å². The van der Waals surface area contributed by atoms with E-state index in [9.17, 15) is 4.79 Å². The molecule has 2 aliphatic rings. The lowest BCUT2D eigenvalue weighted by Crippen LogP contribution is -2.49. The summed E-state index contributed by atoms with van der Waals surface area (Å²) in [6.07, 6.45) is 8.56. The van der Waals surface area contributed by atoms with Crippen LogP contribution in [-0.2, 0) is 11.3 Å². The Labute approximate surface area is 126 Å². The highest BCUT2D eigenvalue weighted by molar-refractivity contribution is 5.76. The number of hydrogen-bond acceptors (Lipinski definition) is 3. The third-order valence-electron chi connectivity index (χ3n) is 4.94. The molecule has 0 bridgehead atoms. The van der Waals surface area contributed by atoms with E-state index >= 15 is 0 Å². The van der Waals surface area contributed by atoms with E-state index < -0.39 is 0 Å². The number of carbonyl (C=O) groups is 1. The van der Waals surface area contributed by atoms with Gasteiger partial charge >= 0.3 is 0 Å². The number of amides is 1. The second kappa shape index (κ2) is 6.18. The van der Waals surface area contributed by atoms with E-state index in [1.54, 1.807) is 4.68 Å². The van der Waals surface area contributed by atoms with Gasteiger partial charge in [-0.1, -0.05) is 6.92 Å². The number of aryl methyl sites for hydroxylation is 1. The third kappa shape index (κ3) is 2.98. The zero-order valence-corrected chi connectivity index (χ0v) is 13.2. The second-order valence-corrected chi connectivity index (χ2v) is 6.35. The lowest BCUT2D eigenvalue weighted by molar-refractivity contribution is -0.133. The molecule has 0 aromatic carbocycles. The van der Waals surface area contributed by atoms with Gasteiger partial charge in [-0.15, -0.1) is 0 Å². The van der Waals surface area contributed by atoms with Crippen LogP contribution in [0, 0.1) is 6.92 Å². The molecule has 21 heavy (non-hydrogen) atoms. The van der Waals surface area contributed by atoms with E-state index in [4.69, 9.17) is 0 Å². The molecule has 1 aromatic heterocycles. The molecule has 5 nitrogen and oxygen atoms in total. The number of hydrogen-bond donors (Lipinski definition) is 0. The summed E-state index contributed by atoms with van der Waals surface area (Å²) in [4.78, 5) is 17.3. The molecular weight excluding hydrogens is 264 g/mol. The van der Waals surface area contributed by atoms with Crippen molar-refractivity contribution in [3.8, 4) is 0 Å². The van der Waals surface area contributed by atoms with Gasteiger partial charge in [0.05, 0.1) is 6.20 Å². The highest BCUT2D eigenvalue weighted by Crippen LogP contribution is 2.29. The summed E-state index contributed by atoms with van der Waals surface area (Å²) < 4.78 is 1.76. The van der Waals surface area contributed by atoms with Gasteiger partial charge in [-0.3, -0.25) is 14.4 Å². The van der Waals surface area contributed by atoms with Gasteiger partial charge < -0.3 is 4.90 Å². The van der Waals surface area contributed by atoms with Crippen molar-refractivity contribution in [2.75, 3.05) is 19.6 Å². The molecule has 3 heterocycles. The van der Waals surface area contributed by atoms with Gasteiger partial charge in [-0.2, -0.15) is 5.10 Å². The van der Waals surface area contributed by atoms with Crippen molar-refractivity contribution < 1.29 is 4.79 Å². The highest BCUT2D eigenvalue weighted by Gasteiger charge is 2.38. The molecule has 3 rings (SSSR count). The van der Waals surface area contributed by atoms with Crippen molar-refractivity contribution in [2.45, 2.75) is 58.2 Å². The van der Waals surface area contributed by atoms with E-state index in [1.807, 2.05) is 19.3 Å². The maximum atomic E-state index is 12.6. The van der Waals surface area contributed by atoms with Crippen LogP contribution in [0.5, 0.6) is 0 Å². The van der Waals surface area contributed by atoms with Crippen LogP contribution < -0.4 is 0 Å². The number of likely N-dealkylation sites (tertiary alicyclic amines) is 2. The van der Waals surface area contributed by atoms with Crippen molar-refractivity contribution in [1.29, 1.82) is 0 Å². The highest BCUT2D eigenvalue weighted by atomic mass is 16.2.